The summed E-state index contributed by atoms with van der Waals surface area (Å²) in [6.45, 7) is 2.53. The number of anilines is 1. The maximum atomic E-state index is 13.3. The number of nitrogens with zero attached hydrogens (tertiary/aromatic N) is 4. The standard InChI is InChI=1S/C22H20ClFN6O4/c1-2-29-12-19(20(28-29)22(32)25-11-15-4-3-9-33-15)26-21(31)18-7-8-30(27-18)13-34-14-5-6-17(24)16(23)10-14/h3-10,12H,2,11,13H2,1H3,(H,25,32)(H,26,31). The van der Waals surface area contributed by atoms with E-state index in [-0.39, 0.29) is 35.4 Å². The molecule has 34 heavy (non-hydrogen) atoms. The van der Waals surface area contributed by atoms with Gasteiger partial charge in [0.2, 0.25) is 0 Å². The van der Waals surface area contributed by atoms with Crippen molar-refractivity contribution in [3.8, 4) is 5.75 Å². The fraction of sp³-hybridized carbons (Fsp3) is 0.182. The molecule has 0 fully saturated rings. The molecule has 4 aromatic rings. The van der Waals surface area contributed by atoms with E-state index in [4.69, 9.17) is 20.8 Å². The molecule has 0 aliphatic carbocycles. The lowest BCUT2D eigenvalue weighted by Crippen LogP contribution is -2.25. The monoisotopic (exact) mass is 486 g/mol. The van der Waals surface area contributed by atoms with E-state index in [9.17, 15) is 14.0 Å². The summed E-state index contributed by atoms with van der Waals surface area (Å²) in [5.74, 6) is -0.600. The van der Waals surface area contributed by atoms with Gasteiger partial charge in [0.15, 0.2) is 18.1 Å². The van der Waals surface area contributed by atoms with Crippen LogP contribution in [0.2, 0.25) is 5.02 Å². The Labute approximate surface area is 198 Å². The Kier molecular flexibility index (Phi) is 6.93. The van der Waals surface area contributed by atoms with Crippen LogP contribution in [-0.4, -0.2) is 31.4 Å². The van der Waals surface area contributed by atoms with E-state index in [0.29, 0.717) is 18.1 Å². The Morgan fingerprint density at radius 1 is 1.18 bits per heavy atom. The summed E-state index contributed by atoms with van der Waals surface area (Å²) in [6.07, 6.45) is 4.63. The molecule has 0 radical (unpaired) electrons. The summed E-state index contributed by atoms with van der Waals surface area (Å²) in [6, 6.07) is 8.92. The summed E-state index contributed by atoms with van der Waals surface area (Å²) in [5.41, 5.74) is 0.417. The van der Waals surface area contributed by atoms with Crippen molar-refractivity contribution >= 4 is 29.1 Å². The van der Waals surface area contributed by atoms with Crippen LogP contribution in [0.25, 0.3) is 0 Å². The van der Waals surface area contributed by atoms with Gasteiger partial charge in [0.1, 0.15) is 17.3 Å². The van der Waals surface area contributed by atoms with Gasteiger partial charge in [-0.25, -0.2) is 9.07 Å². The Morgan fingerprint density at radius 3 is 2.76 bits per heavy atom. The van der Waals surface area contributed by atoms with E-state index in [1.807, 2.05) is 6.92 Å². The van der Waals surface area contributed by atoms with Crippen LogP contribution >= 0.6 is 11.6 Å². The van der Waals surface area contributed by atoms with E-state index in [1.54, 1.807) is 24.5 Å². The zero-order valence-electron chi connectivity index (χ0n) is 18.0. The number of benzene rings is 1. The van der Waals surface area contributed by atoms with Crippen molar-refractivity contribution in [2.45, 2.75) is 26.7 Å². The molecule has 0 spiro atoms. The number of carbonyl (C=O) groups is 2. The summed E-state index contributed by atoms with van der Waals surface area (Å²) < 4.78 is 26.9. The quantitative estimate of drug-likeness (QED) is 0.372. The first-order valence-corrected chi connectivity index (χ1v) is 10.6. The smallest absolute Gasteiger partial charge is 0.276 e. The van der Waals surface area contributed by atoms with Gasteiger partial charge in [0, 0.05) is 25.0 Å². The largest absolute Gasteiger partial charge is 0.471 e. The average Bonchev–Trinajstić information content (AvgIpc) is 3.59. The van der Waals surface area contributed by atoms with Gasteiger partial charge in [0.25, 0.3) is 11.8 Å². The molecule has 3 aromatic heterocycles. The van der Waals surface area contributed by atoms with Gasteiger partial charge >= 0.3 is 0 Å². The van der Waals surface area contributed by atoms with Crippen molar-refractivity contribution in [3.05, 3.63) is 83.0 Å². The molecule has 1 aromatic carbocycles. The van der Waals surface area contributed by atoms with Gasteiger partial charge in [-0.1, -0.05) is 11.6 Å². The van der Waals surface area contributed by atoms with Crippen molar-refractivity contribution in [1.82, 2.24) is 24.9 Å². The van der Waals surface area contributed by atoms with Crippen LogP contribution in [0, 0.1) is 5.82 Å². The summed E-state index contributed by atoms with van der Waals surface area (Å²) in [5, 5.41) is 13.7. The predicted octanol–water partition coefficient (Wildman–Crippen LogP) is 3.70. The van der Waals surface area contributed by atoms with Crippen LogP contribution in [-0.2, 0) is 19.8 Å². The summed E-state index contributed by atoms with van der Waals surface area (Å²) >= 11 is 5.74. The van der Waals surface area contributed by atoms with Gasteiger partial charge in [-0.05, 0) is 37.3 Å². The SMILES string of the molecule is CCn1cc(NC(=O)c2ccn(COc3ccc(F)c(Cl)c3)n2)c(C(=O)NCc2ccco2)n1. The Bertz CT molecular complexity index is 1300. The lowest BCUT2D eigenvalue weighted by molar-refractivity contribution is 0.0943. The zero-order chi connectivity index (χ0) is 24.1. The second-order valence-corrected chi connectivity index (χ2v) is 7.46. The van der Waals surface area contributed by atoms with Gasteiger partial charge < -0.3 is 19.8 Å². The van der Waals surface area contributed by atoms with Crippen molar-refractivity contribution in [2.24, 2.45) is 0 Å². The highest BCUT2D eigenvalue weighted by Gasteiger charge is 2.20. The maximum absolute atomic E-state index is 13.3. The minimum absolute atomic E-state index is 0.0244. The minimum Gasteiger partial charge on any atom is -0.471 e. The molecule has 10 nitrogen and oxygen atoms in total. The molecule has 3 heterocycles. The van der Waals surface area contributed by atoms with E-state index < -0.39 is 17.6 Å². The zero-order valence-corrected chi connectivity index (χ0v) is 18.8. The molecule has 176 valence electrons. The number of furan rings is 1. The first-order valence-electron chi connectivity index (χ1n) is 10.2. The maximum Gasteiger partial charge on any atom is 0.276 e. The molecule has 2 amide bonds. The minimum atomic E-state index is -0.549. The van der Waals surface area contributed by atoms with Gasteiger partial charge in [-0.2, -0.15) is 10.2 Å². The third-order valence-electron chi connectivity index (χ3n) is 4.68. The first kappa shape index (κ1) is 23.1. The molecule has 0 saturated carbocycles. The van der Waals surface area contributed by atoms with Gasteiger partial charge in [-0.15, -0.1) is 0 Å². The molecule has 0 aliphatic rings. The highest BCUT2D eigenvalue weighted by molar-refractivity contribution is 6.30. The third kappa shape index (κ3) is 5.44. The lowest BCUT2D eigenvalue weighted by atomic mass is 10.3. The van der Waals surface area contributed by atoms with Crippen LogP contribution in [0.3, 0.4) is 0 Å². The fourth-order valence-electron chi connectivity index (χ4n) is 2.96. The van der Waals surface area contributed by atoms with Crippen LogP contribution in [0.4, 0.5) is 10.1 Å². The molecular weight excluding hydrogens is 467 g/mol. The number of hydrogen-bond acceptors (Lipinski definition) is 6. The molecule has 0 atom stereocenters. The third-order valence-corrected chi connectivity index (χ3v) is 4.97. The molecule has 0 saturated heterocycles. The Morgan fingerprint density at radius 2 is 2.03 bits per heavy atom. The lowest BCUT2D eigenvalue weighted by Gasteiger charge is -2.07. The number of nitrogens with one attached hydrogen (secondary N) is 2. The average molecular weight is 487 g/mol. The Balaban J connectivity index is 1.40. The second-order valence-electron chi connectivity index (χ2n) is 7.05. The number of aryl methyl sites for hydroxylation is 1. The highest BCUT2D eigenvalue weighted by Crippen LogP contribution is 2.21. The van der Waals surface area contributed by atoms with Gasteiger partial charge in [-0.3, -0.25) is 14.3 Å². The number of rotatable bonds is 9. The molecule has 4 rings (SSSR count). The summed E-state index contributed by atoms with van der Waals surface area (Å²) in [4.78, 5) is 25.4. The molecular formula is C22H20ClFN6O4. The van der Waals surface area contributed by atoms with Crippen molar-refractivity contribution in [3.63, 3.8) is 0 Å². The number of halogens is 2. The number of carbonyl (C=O) groups excluding carboxylic acids is 2. The van der Waals surface area contributed by atoms with Crippen molar-refractivity contribution in [1.29, 1.82) is 0 Å². The molecule has 0 bridgehead atoms. The van der Waals surface area contributed by atoms with E-state index in [2.05, 4.69) is 20.8 Å². The highest BCUT2D eigenvalue weighted by atomic mass is 35.5. The van der Waals surface area contributed by atoms with Crippen LogP contribution < -0.4 is 15.4 Å². The fourth-order valence-corrected chi connectivity index (χ4v) is 3.13. The van der Waals surface area contributed by atoms with Gasteiger partial charge in [0.05, 0.1) is 23.5 Å². The number of amides is 2. The van der Waals surface area contributed by atoms with Crippen molar-refractivity contribution < 1.29 is 23.1 Å². The molecule has 0 aliphatic heterocycles. The van der Waals surface area contributed by atoms with Crippen molar-refractivity contribution in [2.75, 3.05) is 5.32 Å². The number of ether oxygens (including phenoxy) is 1. The normalized spacial score (nSPS) is 10.8. The molecule has 0 unspecified atom stereocenters. The van der Waals surface area contributed by atoms with Crippen LogP contribution in [0.1, 0.15) is 33.7 Å². The second kappa shape index (κ2) is 10.2. The molecule has 12 heteroatoms. The summed E-state index contributed by atoms with van der Waals surface area (Å²) in [7, 11) is 0. The van der Waals surface area contributed by atoms with Crippen LogP contribution in [0.5, 0.6) is 5.75 Å². The van der Waals surface area contributed by atoms with E-state index in [0.717, 1.165) is 0 Å². The predicted molar refractivity (Wildman–Crippen MR) is 120 cm³/mol. The van der Waals surface area contributed by atoms with E-state index >= 15 is 0 Å². The first-order chi connectivity index (χ1) is 16.4. The van der Waals surface area contributed by atoms with Crippen LogP contribution in [0.15, 0.2) is 59.5 Å². The number of hydrogen-bond donors (Lipinski definition) is 2. The van der Waals surface area contributed by atoms with E-state index in [1.165, 1.54) is 39.9 Å². The Hall–Kier alpha value is -4.12. The number of aromatic nitrogens is 4. The topological polar surface area (TPSA) is 116 Å². The molecule has 2 N–H and O–H groups in total.